The highest BCUT2D eigenvalue weighted by molar-refractivity contribution is 5.95. The molecule has 0 unspecified atom stereocenters. The molecular weight excluding hydrogens is 340 g/mol. The van der Waals surface area contributed by atoms with E-state index in [1.165, 1.54) is 11.9 Å². The van der Waals surface area contributed by atoms with Gasteiger partial charge in [-0.2, -0.15) is 9.67 Å². The highest BCUT2D eigenvalue weighted by atomic mass is 16.5. The Balaban J connectivity index is 2.14. The Labute approximate surface area is 157 Å². The molecule has 0 saturated heterocycles. The maximum atomic E-state index is 5.55. The number of hydrogen-bond donors (Lipinski definition) is 1. The summed E-state index contributed by atoms with van der Waals surface area (Å²) in [5.74, 6) is 2.06. The predicted molar refractivity (Wildman–Crippen MR) is 103 cm³/mol. The Morgan fingerprint density at radius 3 is 2.26 bits per heavy atom. The Hall–Kier alpha value is -3.41. The molecular formula is C21H21N4O2+. The molecule has 0 bridgehead atoms. The second-order valence-electron chi connectivity index (χ2n) is 6.44. The first kappa shape index (κ1) is 17.0. The molecule has 0 spiro atoms. The molecule has 1 N–H and O–H groups in total. The van der Waals surface area contributed by atoms with Gasteiger partial charge in [0.2, 0.25) is 6.33 Å². The van der Waals surface area contributed by atoms with E-state index < -0.39 is 0 Å². The number of hydrogen-bond acceptors (Lipinski definition) is 4. The van der Waals surface area contributed by atoms with Gasteiger partial charge in [0, 0.05) is 10.9 Å². The average Bonchev–Trinajstić information content (AvgIpc) is 3.21. The van der Waals surface area contributed by atoms with Crippen LogP contribution in [0.2, 0.25) is 0 Å². The average molecular weight is 361 g/mol. The number of nitrogens with zero attached hydrogens (tertiary/aromatic N) is 3. The van der Waals surface area contributed by atoms with Crippen molar-refractivity contribution in [3.8, 4) is 28.7 Å². The quantitative estimate of drug-likeness (QED) is 0.565. The summed E-state index contributed by atoms with van der Waals surface area (Å²) in [6, 6.07) is 14.6. The van der Waals surface area contributed by atoms with Gasteiger partial charge in [0.05, 0.1) is 19.9 Å². The third-order valence-electron chi connectivity index (χ3n) is 4.69. The van der Waals surface area contributed by atoms with Crippen LogP contribution in [0.1, 0.15) is 11.3 Å². The first-order valence-corrected chi connectivity index (χ1v) is 8.66. The molecule has 0 aliphatic rings. The van der Waals surface area contributed by atoms with Crippen LogP contribution in [0.4, 0.5) is 0 Å². The number of aromatic amines is 1. The van der Waals surface area contributed by atoms with Crippen molar-refractivity contribution in [3.05, 3.63) is 60.0 Å². The van der Waals surface area contributed by atoms with Crippen molar-refractivity contribution in [2.45, 2.75) is 13.8 Å². The topological polar surface area (TPSA) is 63.9 Å². The molecule has 0 radical (unpaired) electrons. The Morgan fingerprint density at radius 2 is 1.63 bits per heavy atom. The number of pyridine rings is 1. The number of ether oxygens (including phenoxy) is 2. The summed E-state index contributed by atoms with van der Waals surface area (Å²) in [6.45, 7) is 4.13. The largest absolute Gasteiger partial charge is 0.493 e. The minimum atomic E-state index is 0.666. The highest BCUT2D eigenvalue weighted by Gasteiger charge is 2.22. The normalized spacial score (nSPS) is 11.0. The van der Waals surface area contributed by atoms with E-state index in [1.807, 2.05) is 12.1 Å². The maximum Gasteiger partial charge on any atom is 0.422 e. The molecule has 0 aliphatic heterocycles. The lowest BCUT2D eigenvalue weighted by molar-refractivity contribution is -0.597. The van der Waals surface area contributed by atoms with Crippen molar-refractivity contribution < 1.29 is 14.0 Å². The fraction of sp³-hybridized carbons (Fsp3) is 0.190. The molecule has 0 atom stereocenters. The van der Waals surface area contributed by atoms with E-state index in [1.54, 1.807) is 14.2 Å². The molecule has 2 heterocycles. The lowest BCUT2D eigenvalue weighted by atomic mass is 10.0. The summed E-state index contributed by atoms with van der Waals surface area (Å²) in [5, 5.41) is 9.11. The Kier molecular flexibility index (Phi) is 4.24. The van der Waals surface area contributed by atoms with Gasteiger partial charge in [-0.15, -0.1) is 0 Å². The third kappa shape index (κ3) is 2.89. The standard InChI is InChI=1S/C21H21N4O2/c1-13-5-7-15(8-6-13)20-17-11-19(27-4)18(26-3)10-16(17)9-14(2)25(20)21-22-12-23-24-21/h5-12H,1-4H3,(H,22,23,24)/q+1. The van der Waals surface area contributed by atoms with Crippen LogP contribution in [-0.4, -0.2) is 29.4 Å². The predicted octanol–water partition coefficient (Wildman–Crippen LogP) is 3.54. The number of methoxy groups -OCH3 is 2. The van der Waals surface area contributed by atoms with Crippen LogP contribution < -0.4 is 14.0 Å². The molecule has 136 valence electrons. The zero-order valence-corrected chi connectivity index (χ0v) is 15.8. The van der Waals surface area contributed by atoms with Crippen LogP contribution in [0.15, 0.2) is 48.8 Å². The Morgan fingerprint density at radius 1 is 0.926 bits per heavy atom. The third-order valence-corrected chi connectivity index (χ3v) is 4.69. The van der Waals surface area contributed by atoms with Gasteiger partial charge < -0.3 is 9.47 Å². The van der Waals surface area contributed by atoms with Crippen molar-refractivity contribution in [2.75, 3.05) is 14.2 Å². The fourth-order valence-electron chi connectivity index (χ4n) is 3.38. The number of rotatable bonds is 4. The summed E-state index contributed by atoms with van der Waals surface area (Å²) in [4.78, 5) is 4.37. The monoisotopic (exact) mass is 361 g/mol. The SMILES string of the molecule is COc1cc2cc(C)[n+](-c3ncn[nH]3)c(-c3ccc(C)cc3)c2cc1OC. The van der Waals surface area contributed by atoms with E-state index in [2.05, 4.69) is 63.9 Å². The van der Waals surface area contributed by atoms with Crippen LogP contribution in [0.25, 0.3) is 28.0 Å². The van der Waals surface area contributed by atoms with Gasteiger partial charge in [-0.05, 0) is 37.4 Å². The molecule has 0 aliphatic carbocycles. The molecule has 27 heavy (non-hydrogen) atoms. The summed E-state index contributed by atoms with van der Waals surface area (Å²) in [5.41, 5.74) is 4.34. The number of fused-ring (bicyclic) bond motifs is 1. The summed E-state index contributed by atoms with van der Waals surface area (Å²) in [6.07, 6.45) is 1.51. The molecule has 0 fully saturated rings. The summed E-state index contributed by atoms with van der Waals surface area (Å²) >= 11 is 0. The van der Waals surface area contributed by atoms with Gasteiger partial charge >= 0.3 is 5.95 Å². The van der Waals surface area contributed by atoms with Gasteiger partial charge in [-0.1, -0.05) is 39.9 Å². The first-order chi connectivity index (χ1) is 13.1. The first-order valence-electron chi connectivity index (χ1n) is 8.66. The summed E-state index contributed by atoms with van der Waals surface area (Å²) < 4.78 is 13.1. The lowest BCUT2D eigenvalue weighted by Crippen LogP contribution is -2.38. The van der Waals surface area contributed by atoms with E-state index in [-0.39, 0.29) is 0 Å². The van der Waals surface area contributed by atoms with Crippen molar-refractivity contribution in [1.29, 1.82) is 0 Å². The highest BCUT2D eigenvalue weighted by Crippen LogP contribution is 2.36. The molecule has 4 rings (SSSR count). The van der Waals surface area contributed by atoms with E-state index in [4.69, 9.17) is 9.47 Å². The van der Waals surface area contributed by atoms with E-state index in [0.29, 0.717) is 17.4 Å². The lowest BCUT2D eigenvalue weighted by Gasteiger charge is -2.15. The van der Waals surface area contributed by atoms with E-state index in [9.17, 15) is 0 Å². The molecule has 4 aromatic rings. The molecule has 2 aromatic heterocycles. The van der Waals surface area contributed by atoms with Crippen LogP contribution in [-0.2, 0) is 0 Å². The van der Waals surface area contributed by atoms with Crippen molar-refractivity contribution >= 4 is 10.8 Å². The van der Waals surface area contributed by atoms with Crippen LogP contribution in [0, 0.1) is 13.8 Å². The van der Waals surface area contributed by atoms with Crippen molar-refractivity contribution in [1.82, 2.24) is 15.2 Å². The second-order valence-corrected chi connectivity index (χ2v) is 6.44. The second kappa shape index (κ2) is 6.72. The number of aromatic nitrogens is 4. The van der Waals surface area contributed by atoms with Crippen molar-refractivity contribution in [2.24, 2.45) is 0 Å². The minimum Gasteiger partial charge on any atom is -0.493 e. The van der Waals surface area contributed by atoms with E-state index >= 15 is 0 Å². The number of H-pyrrole nitrogens is 1. The smallest absolute Gasteiger partial charge is 0.422 e. The van der Waals surface area contributed by atoms with Gasteiger partial charge in [-0.3, -0.25) is 0 Å². The summed E-state index contributed by atoms with van der Waals surface area (Å²) in [7, 11) is 3.29. The van der Waals surface area contributed by atoms with Gasteiger partial charge in [0.1, 0.15) is 5.69 Å². The molecule has 6 nitrogen and oxygen atoms in total. The number of nitrogens with one attached hydrogen (secondary N) is 1. The van der Waals surface area contributed by atoms with E-state index in [0.717, 1.165) is 27.7 Å². The van der Waals surface area contributed by atoms with Crippen LogP contribution in [0.3, 0.4) is 0 Å². The maximum absolute atomic E-state index is 5.55. The van der Waals surface area contributed by atoms with Gasteiger partial charge in [0.15, 0.2) is 11.5 Å². The van der Waals surface area contributed by atoms with Crippen LogP contribution in [0.5, 0.6) is 11.5 Å². The zero-order chi connectivity index (χ0) is 19.0. The van der Waals surface area contributed by atoms with Crippen LogP contribution >= 0.6 is 0 Å². The molecule has 0 saturated carbocycles. The Bertz CT molecular complexity index is 1100. The van der Waals surface area contributed by atoms with Gasteiger partial charge in [0.25, 0.3) is 0 Å². The minimum absolute atomic E-state index is 0.666. The number of aryl methyl sites for hydroxylation is 2. The molecule has 6 heteroatoms. The molecule has 2 aromatic carbocycles. The van der Waals surface area contributed by atoms with Crippen molar-refractivity contribution in [3.63, 3.8) is 0 Å². The molecule has 0 amide bonds. The van der Waals surface area contributed by atoms with Gasteiger partial charge in [-0.25, -0.2) is 0 Å². The number of benzene rings is 2. The fourth-order valence-corrected chi connectivity index (χ4v) is 3.38. The zero-order valence-electron chi connectivity index (χ0n) is 15.8.